The van der Waals surface area contributed by atoms with E-state index in [-0.39, 0.29) is 11.7 Å². The fourth-order valence-electron chi connectivity index (χ4n) is 1.88. The first-order chi connectivity index (χ1) is 7.09. The van der Waals surface area contributed by atoms with E-state index in [4.69, 9.17) is 0 Å². The van der Waals surface area contributed by atoms with E-state index in [1.54, 1.807) is 24.9 Å². The minimum absolute atomic E-state index is 0.0670. The second kappa shape index (κ2) is 3.50. The summed E-state index contributed by atoms with van der Waals surface area (Å²) in [5.74, 6) is 0.204. The maximum atomic E-state index is 11.4. The summed E-state index contributed by atoms with van der Waals surface area (Å²) in [4.78, 5) is 24.3. The molecule has 3 nitrogen and oxygen atoms in total. The monoisotopic (exact) mass is 203 g/mol. The molecule has 0 fully saturated rings. The zero-order valence-corrected chi connectivity index (χ0v) is 8.91. The Kier molecular flexibility index (Phi) is 2.31. The van der Waals surface area contributed by atoms with E-state index >= 15 is 0 Å². The first-order valence-corrected chi connectivity index (χ1v) is 5.00. The van der Waals surface area contributed by atoms with Gasteiger partial charge < -0.3 is 4.90 Å². The summed E-state index contributed by atoms with van der Waals surface area (Å²) in [6, 6.07) is 5.51. The van der Waals surface area contributed by atoms with Gasteiger partial charge in [0.2, 0.25) is 5.91 Å². The van der Waals surface area contributed by atoms with Crippen molar-refractivity contribution in [2.75, 3.05) is 11.9 Å². The van der Waals surface area contributed by atoms with Crippen LogP contribution in [0.4, 0.5) is 5.69 Å². The van der Waals surface area contributed by atoms with Crippen molar-refractivity contribution in [1.29, 1.82) is 0 Å². The number of anilines is 1. The van der Waals surface area contributed by atoms with Gasteiger partial charge in [-0.2, -0.15) is 0 Å². The van der Waals surface area contributed by atoms with Gasteiger partial charge in [0.25, 0.3) is 0 Å². The summed E-state index contributed by atoms with van der Waals surface area (Å²) >= 11 is 0. The summed E-state index contributed by atoms with van der Waals surface area (Å²) in [5.41, 5.74) is 2.73. The number of aryl methyl sites for hydroxylation is 1. The maximum Gasteiger partial charge on any atom is 0.227 e. The van der Waals surface area contributed by atoms with Crippen LogP contribution in [-0.2, 0) is 11.2 Å². The van der Waals surface area contributed by atoms with Crippen LogP contribution in [0.3, 0.4) is 0 Å². The lowest BCUT2D eigenvalue weighted by Crippen LogP contribution is -2.31. The molecule has 0 saturated carbocycles. The Bertz CT molecular complexity index is 437. The largest absolute Gasteiger partial charge is 0.315 e. The van der Waals surface area contributed by atoms with Gasteiger partial charge in [-0.15, -0.1) is 0 Å². The quantitative estimate of drug-likeness (QED) is 0.653. The topological polar surface area (TPSA) is 37.4 Å². The molecule has 0 radical (unpaired) electrons. The smallest absolute Gasteiger partial charge is 0.227 e. The van der Waals surface area contributed by atoms with Gasteiger partial charge in [-0.05, 0) is 37.1 Å². The highest BCUT2D eigenvalue weighted by Gasteiger charge is 2.20. The number of amides is 1. The van der Waals surface area contributed by atoms with Gasteiger partial charge in [-0.3, -0.25) is 9.59 Å². The summed E-state index contributed by atoms with van der Waals surface area (Å²) in [6.07, 6.45) is 1.27. The Morgan fingerprint density at radius 3 is 2.73 bits per heavy atom. The zero-order valence-electron chi connectivity index (χ0n) is 8.91. The van der Waals surface area contributed by atoms with E-state index in [0.717, 1.165) is 23.2 Å². The van der Waals surface area contributed by atoms with Gasteiger partial charge in [-0.1, -0.05) is 0 Å². The van der Waals surface area contributed by atoms with Crippen LogP contribution in [0.5, 0.6) is 0 Å². The molecule has 0 spiro atoms. The summed E-state index contributed by atoms with van der Waals surface area (Å²) < 4.78 is 0. The van der Waals surface area contributed by atoms with Gasteiger partial charge in [0, 0.05) is 24.7 Å². The van der Waals surface area contributed by atoms with E-state index in [0.29, 0.717) is 6.42 Å². The number of carbonyl (C=O) groups is 2. The van der Waals surface area contributed by atoms with Gasteiger partial charge in [0.1, 0.15) is 0 Å². The van der Waals surface area contributed by atoms with Crippen molar-refractivity contribution in [3.63, 3.8) is 0 Å². The van der Waals surface area contributed by atoms with Gasteiger partial charge >= 0.3 is 0 Å². The highest BCUT2D eigenvalue weighted by molar-refractivity contribution is 5.98. The van der Waals surface area contributed by atoms with Crippen LogP contribution in [-0.4, -0.2) is 18.7 Å². The minimum atomic E-state index is 0.0670. The third kappa shape index (κ3) is 1.65. The van der Waals surface area contributed by atoms with Crippen molar-refractivity contribution in [1.82, 2.24) is 0 Å². The molecule has 0 saturated heterocycles. The number of fused-ring (bicyclic) bond motifs is 1. The number of rotatable bonds is 1. The average molecular weight is 203 g/mol. The molecule has 1 heterocycles. The molecular weight excluding hydrogens is 190 g/mol. The second-order valence-corrected chi connectivity index (χ2v) is 3.85. The van der Waals surface area contributed by atoms with E-state index in [9.17, 15) is 9.59 Å². The molecule has 0 unspecified atom stereocenters. The van der Waals surface area contributed by atoms with Crippen molar-refractivity contribution >= 4 is 17.4 Å². The number of carbonyl (C=O) groups excluding carboxylic acids is 2. The van der Waals surface area contributed by atoms with E-state index in [1.807, 2.05) is 12.1 Å². The second-order valence-electron chi connectivity index (χ2n) is 3.85. The number of ketones is 1. The van der Waals surface area contributed by atoms with E-state index in [2.05, 4.69) is 0 Å². The molecule has 0 N–H and O–H groups in total. The molecule has 0 aromatic heterocycles. The Morgan fingerprint density at radius 2 is 2.07 bits per heavy atom. The van der Waals surface area contributed by atoms with Gasteiger partial charge in [0.15, 0.2) is 5.78 Å². The number of benzene rings is 1. The van der Waals surface area contributed by atoms with Crippen molar-refractivity contribution in [3.8, 4) is 0 Å². The molecule has 15 heavy (non-hydrogen) atoms. The molecule has 1 amide bonds. The maximum absolute atomic E-state index is 11.4. The molecule has 2 rings (SSSR count). The number of Topliss-reactive ketones (excluding diaryl/α,β-unsaturated/α-hetero) is 1. The lowest BCUT2D eigenvalue weighted by Gasteiger charge is -2.25. The first kappa shape index (κ1) is 9.90. The SMILES string of the molecule is CC(=O)c1ccc2c(c1)CCC(=O)N2C. The molecule has 1 aliphatic heterocycles. The number of hydrogen-bond acceptors (Lipinski definition) is 2. The Balaban J connectivity index is 2.47. The molecule has 1 aliphatic rings. The standard InChI is InChI=1S/C12H13NO2/c1-8(14)9-3-5-11-10(7-9)4-6-12(15)13(11)2/h3,5,7H,4,6H2,1-2H3. The molecule has 0 atom stereocenters. The molecule has 78 valence electrons. The highest BCUT2D eigenvalue weighted by atomic mass is 16.2. The fourth-order valence-corrected chi connectivity index (χ4v) is 1.88. The van der Waals surface area contributed by atoms with Crippen LogP contribution in [0.2, 0.25) is 0 Å². The summed E-state index contributed by atoms with van der Waals surface area (Å²) in [6.45, 7) is 1.55. The predicted octanol–water partition coefficient (Wildman–Crippen LogP) is 1.80. The van der Waals surface area contributed by atoms with Gasteiger partial charge in [-0.25, -0.2) is 0 Å². The Morgan fingerprint density at radius 1 is 1.33 bits per heavy atom. The van der Waals surface area contributed by atoms with Gasteiger partial charge in [0.05, 0.1) is 0 Å². The number of hydrogen-bond donors (Lipinski definition) is 0. The van der Waals surface area contributed by atoms with Crippen LogP contribution in [0.1, 0.15) is 29.3 Å². The summed E-state index contributed by atoms with van der Waals surface area (Å²) in [5, 5.41) is 0. The first-order valence-electron chi connectivity index (χ1n) is 5.00. The van der Waals surface area contributed by atoms with Crippen molar-refractivity contribution in [2.24, 2.45) is 0 Å². The van der Waals surface area contributed by atoms with Crippen LogP contribution in [0, 0.1) is 0 Å². The van der Waals surface area contributed by atoms with Crippen molar-refractivity contribution in [2.45, 2.75) is 19.8 Å². The van der Waals surface area contributed by atoms with Crippen LogP contribution >= 0.6 is 0 Å². The van der Waals surface area contributed by atoms with Crippen molar-refractivity contribution < 1.29 is 9.59 Å². The molecule has 0 aliphatic carbocycles. The molecular formula is C12H13NO2. The third-order valence-electron chi connectivity index (χ3n) is 2.83. The molecule has 0 bridgehead atoms. The Labute approximate surface area is 88.7 Å². The van der Waals surface area contributed by atoms with Crippen LogP contribution in [0.15, 0.2) is 18.2 Å². The van der Waals surface area contributed by atoms with E-state index < -0.39 is 0 Å². The predicted molar refractivity (Wildman–Crippen MR) is 58.2 cm³/mol. The lowest BCUT2D eigenvalue weighted by atomic mass is 9.98. The van der Waals surface area contributed by atoms with Crippen LogP contribution < -0.4 is 4.90 Å². The fraction of sp³-hybridized carbons (Fsp3) is 0.333. The Hall–Kier alpha value is -1.64. The number of nitrogens with zero attached hydrogens (tertiary/aromatic N) is 1. The van der Waals surface area contributed by atoms with E-state index in [1.165, 1.54) is 0 Å². The normalized spacial score (nSPS) is 15.1. The summed E-state index contributed by atoms with van der Waals surface area (Å²) in [7, 11) is 1.77. The molecule has 3 heteroatoms. The average Bonchev–Trinajstić information content (AvgIpc) is 2.23. The lowest BCUT2D eigenvalue weighted by molar-refractivity contribution is -0.118. The molecule has 1 aromatic carbocycles. The zero-order chi connectivity index (χ0) is 11.0. The minimum Gasteiger partial charge on any atom is -0.315 e. The molecule has 1 aromatic rings. The highest BCUT2D eigenvalue weighted by Crippen LogP contribution is 2.27. The van der Waals surface area contributed by atoms with Crippen LogP contribution in [0.25, 0.3) is 0 Å². The third-order valence-corrected chi connectivity index (χ3v) is 2.83. The van der Waals surface area contributed by atoms with Crippen molar-refractivity contribution in [3.05, 3.63) is 29.3 Å².